The fourth-order valence-corrected chi connectivity index (χ4v) is 1.62. The van der Waals surface area contributed by atoms with E-state index in [9.17, 15) is 9.50 Å². The molecular formula is C14H13FO2. The van der Waals surface area contributed by atoms with E-state index in [4.69, 9.17) is 4.74 Å². The molecule has 0 aromatic heterocycles. The molecule has 3 heteroatoms. The standard InChI is InChI=1S/C14H13FO2/c1-2-17-12-5-3-4-10(8-12)11-6-7-13(15)14(16)9-11/h3-9,16H,2H2,1H3. The highest BCUT2D eigenvalue weighted by Crippen LogP contribution is 2.27. The van der Waals surface area contributed by atoms with Gasteiger partial charge in [-0.25, -0.2) is 4.39 Å². The van der Waals surface area contributed by atoms with Crippen LogP contribution in [0.25, 0.3) is 11.1 Å². The highest BCUT2D eigenvalue weighted by atomic mass is 19.1. The van der Waals surface area contributed by atoms with Gasteiger partial charge in [0.1, 0.15) is 5.75 Å². The summed E-state index contributed by atoms with van der Waals surface area (Å²) in [6.07, 6.45) is 0. The molecular weight excluding hydrogens is 219 g/mol. The molecule has 2 aromatic rings. The lowest BCUT2D eigenvalue weighted by molar-refractivity contribution is 0.340. The molecule has 0 spiro atoms. The van der Waals surface area contributed by atoms with Gasteiger partial charge in [0, 0.05) is 0 Å². The smallest absolute Gasteiger partial charge is 0.164 e. The number of hydrogen-bond acceptors (Lipinski definition) is 2. The maximum Gasteiger partial charge on any atom is 0.164 e. The fourth-order valence-electron chi connectivity index (χ4n) is 1.62. The third-order valence-electron chi connectivity index (χ3n) is 2.42. The third-order valence-corrected chi connectivity index (χ3v) is 2.42. The van der Waals surface area contributed by atoms with Gasteiger partial charge in [0.05, 0.1) is 6.61 Å². The van der Waals surface area contributed by atoms with E-state index < -0.39 is 5.82 Å². The fraction of sp³-hybridized carbons (Fsp3) is 0.143. The lowest BCUT2D eigenvalue weighted by Gasteiger charge is -2.07. The number of aromatic hydroxyl groups is 1. The predicted molar refractivity (Wildman–Crippen MR) is 64.7 cm³/mol. The Kier molecular flexibility index (Phi) is 3.28. The molecule has 0 unspecified atom stereocenters. The van der Waals surface area contributed by atoms with Gasteiger partial charge in [-0.3, -0.25) is 0 Å². The van der Waals surface area contributed by atoms with Gasteiger partial charge in [0.25, 0.3) is 0 Å². The summed E-state index contributed by atoms with van der Waals surface area (Å²) in [6, 6.07) is 11.7. The minimum Gasteiger partial charge on any atom is -0.505 e. The second kappa shape index (κ2) is 4.87. The van der Waals surface area contributed by atoms with Gasteiger partial charge < -0.3 is 9.84 Å². The second-order valence-electron chi connectivity index (χ2n) is 3.63. The number of hydrogen-bond donors (Lipinski definition) is 1. The van der Waals surface area contributed by atoms with Crippen molar-refractivity contribution >= 4 is 0 Å². The predicted octanol–water partition coefficient (Wildman–Crippen LogP) is 3.60. The van der Waals surface area contributed by atoms with Crippen molar-refractivity contribution in [3.63, 3.8) is 0 Å². The quantitative estimate of drug-likeness (QED) is 0.876. The van der Waals surface area contributed by atoms with Gasteiger partial charge in [-0.05, 0) is 42.3 Å². The number of rotatable bonds is 3. The summed E-state index contributed by atoms with van der Waals surface area (Å²) in [5.74, 6) is -0.201. The first-order chi connectivity index (χ1) is 8.20. The summed E-state index contributed by atoms with van der Waals surface area (Å²) >= 11 is 0. The van der Waals surface area contributed by atoms with Crippen molar-refractivity contribution in [1.29, 1.82) is 0 Å². The first-order valence-corrected chi connectivity index (χ1v) is 5.42. The first kappa shape index (κ1) is 11.5. The minimum atomic E-state index is -0.616. The third kappa shape index (κ3) is 2.56. The maximum atomic E-state index is 12.9. The zero-order valence-corrected chi connectivity index (χ0v) is 9.48. The van der Waals surface area contributed by atoms with Crippen LogP contribution in [0.2, 0.25) is 0 Å². The van der Waals surface area contributed by atoms with Crippen molar-refractivity contribution in [1.82, 2.24) is 0 Å². The van der Waals surface area contributed by atoms with E-state index >= 15 is 0 Å². The van der Waals surface area contributed by atoms with Crippen LogP contribution in [-0.2, 0) is 0 Å². The molecule has 0 amide bonds. The van der Waals surface area contributed by atoms with Gasteiger partial charge in [0.15, 0.2) is 11.6 Å². The summed E-state index contributed by atoms with van der Waals surface area (Å²) in [5.41, 5.74) is 1.64. The normalized spacial score (nSPS) is 10.2. The Balaban J connectivity index is 2.38. The molecule has 88 valence electrons. The molecule has 0 aliphatic carbocycles. The van der Waals surface area contributed by atoms with Gasteiger partial charge in [-0.2, -0.15) is 0 Å². The average molecular weight is 232 g/mol. The number of phenols is 1. The van der Waals surface area contributed by atoms with Gasteiger partial charge in [-0.1, -0.05) is 18.2 Å². The monoisotopic (exact) mass is 232 g/mol. The minimum absolute atomic E-state index is 0.343. The molecule has 17 heavy (non-hydrogen) atoms. The topological polar surface area (TPSA) is 29.5 Å². The molecule has 0 aliphatic rings. The number of benzene rings is 2. The lowest BCUT2D eigenvalue weighted by Crippen LogP contribution is -1.91. The molecule has 0 saturated carbocycles. The Hall–Kier alpha value is -2.03. The van der Waals surface area contributed by atoms with E-state index in [-0.39, 0.29) is 5.75 Å². The Morgan fingerprint density at radius 3 is 2.59 bits per heavy atom. The van der Waals surface area contributed by atoms with Crippen LogP contribution >= 0.6 is 0 Å². The van der Waals surface area contributed by atoms with E-state index in [0.29, 0.717) is 6.61 Å². The van der Waals surface area contributed by atoms with Crippen molar-refractivity contribution in [2.45, 2.75) is 6.92 Å². The van der Waals surface area contributed by atoms with Crippen LogP contribution in [0.1, 0.15) is 6.92 Å². The van der Waals surface area contributed by atoms with Crippen LogP contribution in [-0.4, -0.2) is 11.7 Å². The molecule has 1 N–H and O–H groups in total. The summed E-state index contributed by atoms with van der Waals surface area (Å²) < 4.78 is 18.3. The Labute approximate surface area is 99.3 Å². The average Bonchev–Trinajstić information content (AvgIpc) is 2.33. The molecule has 2 aromatic carbocycles. The number of ether oxygens (including phenoxy) is 1. The first-order valence-electron chi connectivity index (χ1n) is 5.42. The Bertz CT molecular complexity index is 523. The second-order valence-corrected chi connectivity index (χ2v) is 3.63. The molecule has 0 atom stereocenters. The van der Waals surface area contributed by atoms with Crippen LogP contribution in [0.5, 0.6) is 11.5 Å². The largest absolute Gasteiger partial charge is 0.505 e. The van der Waals surface area contributed by atoms with E-state index in [1.807, 2.05) is 31.2 Å². The van der Waals surface area contributed by atoms with Crippen LogP contribution < -0.4 is 4.74 Å². The molecule has 2 nitrogen and oxygen atoms in total. The Morgan fingerprint density at radius 2 is 1.88 bits per heavy atom. The molecule has 0 saturated heterocycles. The van der Waals surface area contributed by atoms with E-state index in [2.05, 4.69) is 0 Å². The summed E-state index contributed by atoms with van der Waals surface area (Å²) in [6.45, 7) is 2.51. The Morgan fingerprint density at radius 1 is 1.12 bits per heavy atom. The van der Waals surface area contributed by atoms with Crippen molar-refractivity contribution in [2.24, 2.45) is 0 Å². The van der Waals surface area contributed by atoms with Gasteiger partial charge in [-0.15, -0.1) is 0 Å². The summed E-state index contributed by atoms with van der Waals surface area (Å²) in [7, 11) is 0. The molecule has 2 rings (SSSR count). The zero-order chi connectivity index (χ0) is 12.3. The van der Waals surface area contributed by atoms with Gasteiger partial charge >= 0.3 is 0 Å². The van der Waals surface area contributed by atoms with Crippen LogP contribution in [0.15, 0.2) is 42.5 Å². The molecule has 0 fully saturated rings. The SMILES string of the molecule is CCOc1cccc(-c2ccc(F)c(O)c2)c1. The zero-order valence-electron chi connectivity index (χ0n) is 9.48. The van der Waals surface area contributed by atoms with Crippen LogP contribution in [0.3, 0.4) is 0 Å². The molecule has 0 heterocycles. The van der Waals surface area contributed by atoms with Crippen LogP contribution in [0.4, 0.5) is 4.39 Å². The van der Waals surface area contributed by atoms with Crippen molar-refractivity contribution in [3.8, 4) is 22.6 Å². The van der Waals surface area contributed by atoms with E-state index in [1.54, 1.807) is 6.07 Å². The van der Waals surface area contributed by atoms with Gasteiger partial charge in [0.2, 0.25) is 0 Å². The summed E-state index contributed by atoms with van der Waals surface area (Å²) in [4.78, 5) is 0. The van der Waals surface area contributed by atoms with E-state index in [1.165, 1.54) is 12.1 Å². The number of phenolic OH excluding ortho intramolecular Hbond substituents is 1. The van der Waals surface area contributed by atoms with Crippen molar-refractivity contribution in [3.05, 3.63) is 48.3 Å². The van der Waals surface area contributed by atoms with Crippen LogP contribution in [0, 0.1) is 5.82 Å². The molecule has 0 radical (unpaired) electrons. The number of halogens is 1. The van der Waals surface area contributed by atoms with Crippen molar-refractivity contribution < 1.29 is 14.2 Å². The molecule has 0 bridgehead atoms. The highest BCUT2D eigenvalue weighted by Gasteiger charge is 2.04. The molecule has 0 aliphatic heterocycles. The summed E-state index contributed by atoms with van der Waals surface area (Å²) in [5, 5.41) is 9.33. The maximum absolute atomic E-state index is 12.9. The van der Waals surface area contributed by atoms with E-state index in [0.717, 1.165) is 16.9 Å². The van der Waals surface area contributed by atoms with Crippen molar-refractivity contribution in [2.75, 3.05) is 6.61 Å². The lowest BCUT2D eigenvalue weighted by atomic mass is 10.1. The highest BCUT2D eigenvalue weighted by molar-refractivity contribution is 5.66.